The largest absolute Gasteiger partial charge is 0.444 e. The molecule has 26 heavy (non-hydrogen) atoms. The molecule has 0 bridgehead atoms. The number of carbonyl (C=O) groups is 1. The van der Waals surface area contributed by atoms with Crippen LogP contribution in [0.2, 0.25) is 0 Å². The van der Waals surface area contributed by atoms with Gasteiger partial charge in [0.1, 0.15) is 5.60 Å². The van der Waals surface area contributed by atoms with Gasteiger partial charge in [0.25, 0.3) is 0 Å². The Morgan fingerprint density at radius 1 is 1.50 bits per heavy atom. The van der Waals surface area contributed by atoms with Crippen molar-refractivity contribution in [3.05, 3.63) is 17.5 Å². The fraction of sp³-hybridized carbons (Fsp3) is 0.706. The van der Waals surface area contributed by atoms with Crippen LogP contribution in [0.25, 0.3) is 0 Å². The molecule has 1 aliphatic heterocycles. The number of rotatable bonds is 4. The summed E-state index contributed by atoms with van der Waals surface area (Å²) >= 11 is 0. The standard InChI is InChI=1S/C17H29N5O3.HI/c1-6-12-9-14(25-21-12)10-19-15(18-5)22-8-7-13(11-22)20-16(23)24-17(2,3)4;/h9,13H,6-8,10-11H2,1-5H3,(H,18,19)(H,20,23);1H. The van der Waals surface area contributed by atoms with Crippen LogP contribution in [-0.4, -0.2) is 53.9 Å². The molecule has 1 aliphatic rings. The highest BCUT2D eigenvalue weighted by Gasteiger charge is 2.27. The second-order valence-corrected chi connectivity index (χ2v) is 7.12. The highest BCUT2D eigenvalue weighted by molar-refractivity contribution is 14.0. The molecular weight excluding hydrogens is 449 g/mol. The number of hydrogen-bond acceptors (Lipinski definition) is 5. The van der Waals surface area contributed by atoms with Crippen LogP contribution in [0.5, 0.6) is 0 Å². The first kappa shape index (κ1) is 22.5. The molecule has 1 fully saturated rings. The molecule has 0 aromatic carbocycles. The van der Waals surface area contributed by atoms with Gasteiger partial charge in [-0.2, -0.15) is 0 Å². The Labute approximate surface area is 172 Å². The summed E-state index contributed by atoms with van der Waals surface area (Å²) in [6, 6.07) is 1.99. The third kappa shape index (κ3) is 7.00. The molecular formula is C17H30IN5O3. The van der Waals surface area contributed by atoms with Gasteiger partial charge in [0.2, 0.25) is 0 Å². The molecule has 1 atom stereocenters. The van der Waals surface area contributed by atoms with Crippen LogP contribution in [0.3, 0.4) is 0 Å². The topological polar surface area (TPSA) is 92.0 Å². The van der Waals surface area contributed by atoms with Gasteiger partial charge < -0.3 is 24.8 Å². The molecule has 148 valence electrons. The third-order valence-electron chi connectivity index (χ3n) is 3.81. The second-order valence-electron chi connectivity index (χ2n) is 7.12. The number of aliphatic imine (C=N–C) groups is 1. The van der Waals surface area contributed by atoms with Gasteiger partial charge in [0.15, 0.2) is 11.7 Å². The zero-order chi connectivity index (χ0) is 18.4. The summed E-state index contributed by atoms with van der Waals surface area (Å²) in [5.41, 5.74) is 0.448. The fourth-order valence-corrected chi connectivity index (χ4v) is 2.65. The Morgan fingerprint density at radius 2 is 2.23 bits per heavy atom. The number of aryl methyl sites for hydroxylation is 1. The molecule has 9 heteroatoms. The Hall–Kier alpha value is -1.52. The summed E-state index contributed by atoms with van der Waals surface area (Å²) in [4.78, 5) is 18.3. The molecule has 2 heterocycles. The Kier molecular flexibility index (Phi) is 8.65. The van der Waals surface area contributed by atoms with E-state index in [-0.39, 0.29) is 36.1 Å². The van der Waals surface area contributed by atoms with E-state index >= 15 is 0 Å². The number of aromatic nitrogens is 1. The van der Waals surface area contributed by atoms with E-state index in [1.54, 1.807) is 7.05 Å². The summed E-state index contributed by atoms with van der Waals surface area (Å²) in [7, 11) is 1.74. The van der Waals surface area contributed by atoms with Crippen molar-refractivity contribution < 1.29 is 14.1 Å². The maximum atomic E-state index is 11.9. The van der Waals surface area contributed by atoms with Crippen LogP contribution in [0.15, 0.2) is 15.6 Å². The quantitative estimate of drug-likeness (QED) is 0.392. The molecule has 1 unspecified atom stereocenters. The van der Waals surface area contributed by atoms with E-state index in [1.807, 2.05) is 33.8 Å². The molecule has 0 radical (unpaired) electrons. The monoisotopic (exact) mass is 479 g/mol. The van der Waals surface area contributed by atoms with Gasteiger partial charge in [-0.25, -0.2) is 4.79 Å². The number of nitrogens with zero attached hydrogens (tertiary/aromatic N) is 3. The van der Waals surface area contributed by atoms with Crippen LogP contribution in [0.1, 0.15) is 45.6 Å². The molecule has 0 aliphatic carbocycles. The molecule has 1 saturated heterocycles. The molecule has 0 spiro atoms. The van der Waals surface area contributed by atoms with Crippen molar-refractivity contribution in [1.29, 1.82) is 0 Å². The van der Waals surface area contributed by atoms with Crippen molar-refractivity contribution >= 4 is 36.0 Å². The molecule has 1 amide bonds. The Balaban J connectivity index is 0.00000338. The van der Waals surface area contributed by atoms with E-state index in [9.17, 15) is 4.79 Å². The third-order valence-corrected chi connectivity index (χ3v) is 3.81. The molecule has 1 aromatic rings. The van der Waals surface area contributed by atoms with Gasteiger partial charge in [0, 0.05) is 26.2 Å². The summed E-state index contributed by atoms with van der Waals surface area (Å²) in [6.07, 6.45) is 1.32. The van der Waals surface area contributed by atoms with E-state index in [0.29, 0.717) is 13.1 Å². The lowest BCUT2D eigenvalue weighted by atomic mass is 10.2. The van der Waals surface area contributed by atoms with Crippen molar-refractivity contribution in [3.8, 4) is 0 Å². The number of likely N-dealkylation sites (tertiary alicyclic amines) is 1. The van der Waals surface area contributed by atoms with E-state index < -0.39 is 5.60 Å². The SMILES string of the molecule is CCc1cc(CNC(=NC)N2CCC(NC(=O)OC(C)(C)C)C2)on1.I. The average Bonchev–Trinajstić information content (AvgIpc) is 3.15. The van der Waals surface area contributed by atoms with Gasteiger partial charge in [-0.1, -0.05) is 12.1 Å². The zero-order valence-electron chi connectivity index (χ0n) is 16.2. The first-order valence-electron chi connectivity index (χ1n) is 8.70. The van der Waals surface area contributed by atoms with Crippen molar-refractivity contribution in [2.45, 2.75) is 58.7 Å². The summed E-state index contributed by atoms with van der Waals surface area (Å²) < 4.78 is 10.6. The van der Waals surface area contributed by atoms with Gasteiger partial charge in [-0.3, -0.25) is 4.99 Å². The Morgan fingerprint density at radius 3 is 2.81 bits per heavy atom. The van der Waals surface area contributed by atoms with Crippen molar-refractivity contribution in [1.82, 2.24) is 20.7 Å². The lowest BCUT2D eigenvalue weighted by Gasteiger charge is -2.23. The van der Waals surface area contributed by atoms with E-state index in [1.165, 1.54) is 0 Å². The number of guanidine groups is 1. The van der Waals surface area contributed by atoms with Gasteiger partial charge in [0.05, 0.1) is 18.3 Å². The van der Waals surface area contributed by atoms with Gasteiger partial charge >= 0.3 is 6.09 Å². The minimum Gasteiger partial charge on any atom is -0.444 e. The smallest absolute Gasteiger partial charge is 0.407 e. The van der Waals surface area contributed by atoms with E-state index in [4.69, 9.17) is 9.26 Å². The number of halogens is 1. The number of carbonyl (C=O) groups excluding carboxylic acids is 1. The Bertz CT molecular complexity index is 612. The predicted molar refractivity (Wildman–Crippen MR) is 111 cm³/mol. The maximum absolute atomic E-state index is 11.9. The van der Waals surface area contributed by atoms with Crippen molar-refractivity contribution in [2.75, 3.05) is 20.1 Å². The highest BCUT2D eigenvalue weighted by Crippen LogP contribution is 2.12. The highest BCUT2D eigenvalue weighted by atomic mass is 127. The minimum absolute atomic E-state index is 0. The fourth-order valence-electron chi connectivity index (χ4n) is 2.65. The lowest BCUT2D eigenvalue weighted by Crippen LogP contribution is -2.44. The molecule has 0 saturated carbocycles. The number of hydrogen-bond donors (Lipinski definition) is 2. The van der Waals surface area contributed by atoms with E-state index in [2.05, 4.69) is 25.7 Å². The maximum Gasteiger partial charge on any atom is 0.407 e. The van der Waals surface area contributed by atoms with Crippen LogP contribution in [-0.2, 0) is 17.7 Å². The number of amides is 1. The van der Waals surface area contributed by atoms with Crippen LogP contribution in [0, 0.1) is 0 Å². The van der Waals surface area contributed by atoms with E-state index in [0.717, 1.165) is 36.8 Å². The normalized spacial score (nSPS) is 17.7. The molecule has 2 rings (SSSR count). The summed E-state index contributed by atoms with van der Waals surface area (Å²) in [6.45, 7) is 9.63. The number of nitrogens with one attached hydrogen (secondary N) is 2. The second kappa shape index (κ2) is 9.98. The lowest BCUT2D eigenvalue weighted by molar-refractivity contribution is 0.0507. The summed E-state index contributed by atoms with van der Waals surface area (Å²) in [5.74, 6) is 1.56. The minimum atomic E-state index is -0.492. The van der Waals surface area contributed by atoms with Crippen LogP contribution < -0.4 is 10.6 Å². The zero-order valence-corrected chi connectivity index (χ0v) is 18.5. The van der Waals surface area contributed by atoms with Crippen molar-refractivity contribution in [2.24, 2.45) is 4.99 Å². The van der Waals surface area contributed by atoms with Crippen LogP contribution in [0.4, 0.5) is 4.79 Å². The first-order chi connectivity index (χ1) is 11.8. The first-order valence-corrected chi connectivity index (χ1v) is 8.70. The van der Waals surface area contributed by atoms with Crippen LogP contribution >= 0.6 is 24.0 Å². The van der Waals surface area contributed by atoms with Gasteiger partial charge in [-0.15, -0.1) is 24.0 Å². The molecule has 1 aromatic heterocycles. The molecule has 2 N–H and O–H groups in total. The van der Waals surface area contributed by atoms with Gasteiger partial charge in [-0.05, 0) is 33.6 Å². The average molecular weight is 479 g/mol. The number of ether oxygens (including phenoxy) is 1. The summed E-state index contributed by atoms with van der Waals surface area (Å²) in [5, 5.41) is 10.2. The molecule has 8 nitrogen and oxygen atoms in total. The number of alkyl carbamates (subject to hydrolysis) is 1. The van der Waals surface area contributed by atoms with Crippen molar-refractivity contribution in [3.63, 3.8) is 0 Å². The predicted octanol–water partition coefficient (Wildman–Crippen LogP) is 2.53.